The molecule has 18 heavy (non-hydrogen) atoms. The molecule has 0 radical (unpaired) electrons. The molecule has 0 aromatic heterocycles. The van der Waals surface area contributed by atoms with Crippen molar-refractivity contribution in [3.8, 4) is 0 Å². The second-order valence-corrected chi connectivity index (χ2v) is 4.79. The average Bonchev–Trinajstić information content (AvgIpc) is 3.15. The highest BCUT2D eigenvalue weighted by molar-refractivity contribution is 5.89. The smallest absolute Gasteiger partial charge is 0.333 e. The van der Waals surface area contributed by atoms with Crippen molar-refractivity contribution in [2.75, 3.05) is 6.61 Å². The Labute approximate surface area is 108 Å². The van der Waals surface area contributed by atoms with Crippen LogP contribution in [0.5, 0.6) is 0 Å². The summed E-state index contributed by atoms with van der Waals surface area (Å²) >= 11 is 0. The fourth-order valence-corrected chi connectivity index (χ4v) is 2.38. The van der Waals surface area contributed by atoms with E-state index in [1.54, 1.807) is 0 Å². The Morgan fingerprint density at radius 1 is 1.44 bits per heavy atom. The molecule has 4 nitrogen and oxygen atoms in total. The van der Waals surface area contributed by atoms with E-state index >= 15 is 0 Å². The molecule has 2 rings (SSSR count). The number of epoxide rings is 1. The lowest BCUT2D eigenvalue weighted by atomic mass is 9.97. The van der Waals surface area contributed by atoms with Crippen molar-refractivity contribution in [3.05, 3.63) is 11.6 Å². The summed E-state index contributed by atoms with van der Waals surface area (Å²) in [6, 6.07) is 0. The van der Waals surface area contributed by atoms with Crippen LogP contribution in [0, 0.1) is 0 Å². The molecule has 0 spiro atoms. The maximum Gasteiger partial charge on any atom is 0.333 e. The van der Waals surface area contributed by atoms with Gasteiger partial charge >= 0.3 is 5.97 Å². The molecule has 2 aliphatic rings. The van der Waals surface area contributed by atoms with Gasteiger partial charge in [0.25, 0.3) is 0 Å². The molecule has 3 atom stereocenters. The summed E-state index contributed by atoms with van der Waals surface area (Å²) in [6.45, 7) is 6.44. The van der Waals surface area contributed by atoms with Gasteiger partial charge in [-0.2, -0.15) is 0 Å². The zero-order valence-electron chi connectivity index (χ0n) is 11.3. The number of carbonyl (C=O) groups excluding carboxylic acids is 1. The van der Waals surface area contributed by atoms with Gasteiger partial charge in [-0.15, -0.1) is 0 Å². The Kier molecular flexibility index (Phi) is 4.40. The quantitative estimate of drug-likeness (QED) is 0.538. The number of rotatable bonds is 6. The normalized spacial score (nSPS) is 29.8. The van der Waals surface area contributed by atoms with E-state index in [-0.39, 0.29) is 30.4 Å². The number of hydrogen-bond acceptors (Lipinski definition) is 4. The average molecular weight is 254 g/mol. The first kappa shape index (κ1) is 13.6. The van der Waals surface area contributed by atoms with Crippen LogP contribution in [0.4, 0.5) is 0 Å². The second-order valence-electron chi connectivity index (χ2n) is 4.79. The minimum Gasteiger partial charge on any atom is -0.463 e. The SMILES string of the molecule is CCOC(=O)C1=C[C@@H](OC(CC)CC)[C@@H]2O[C@H]2C1. The third-order valence-electron chi connectivity index (χ3n) is 3.53. The van der Waals surface area contributed by atoms with Crippen LogP contribution in [0.1, 0.15) is 40.0 Å². The summed E-state index contributed by atoms with van der Waals surface area (Å²) in [4.78, 5) is 11.7. The third-order valence-corrected chi connectivity index (χ3v) is 3.53. The minimum absolute atomic E-state index is 0.0898. The van der Waals surface area contributed by atoms with Gasteiger partial charge in [-0.25, -0.2) is 4.79 Å². The maximum absolute atomic E-state index is 11.7. The zero-order chi connectivity index (χ0) is 13.1. The number of ether oxygens (including phenoxy) is 3. The van der Waals surface area contributed by atoms with Crippen LogP contribution >= 0.6 is 0 Å². The highest BCUT2D eigenvalue weighted by Gasteiger charge is 2.49. The van der Waals surface area contributed by atoms with Crippen molar-refractivity contribution >= 4 is 5.97 Å². The zero-order valence-corrected chi connectivity index (χ0v) is 11.3. The third kappa shape index (κ3) is 2.93. The molecule has 0 aromatic carbocycles. The largest absolute Gasteiger partial charge is 0.463 e. The van der Waals surface area contributed by atoms with E-state index < -0.39 is 0 Å². The fraction of sp³-hybridized carbons (Fsp3) is 0.786. The topological polar surface area (TPSA) is 48.1 Å². The van der Waals surface area contributed by atoms with E-state index in [1.165, 1.54) is 0 Å². The van der Waals surface area contributed by atoms with Gasteiger partial charge in [0.1, 0.15) is 12.2 Å². The Bertz CT molecular complexity index is 333. The van der Waals surface area contributed by atoms with Crippen LogP contribution in [0.2, 0.25) is 0 Å². The van der Waals surface area contributed by atoms with Gasteiger partial charge in [0.2, 0.25) is 0 Å². The Balaban J connectivity index is 2.00. The predicted molar refractivity (Wildman–Crippen MR) is 67.2 cm³/mol. The summed E-state index contributed by atoms with van der Waals surface area (Å²) in [7, 11) is 0. The van der Waals surface area contributed by atoms with Crippen molar-refractivity contribution in [1.29, 1.82) is 0 Å². The molecule has 4 heteroatoms. The van der Waals surface area contributed by atoms with E-state index in [1.807, 2.05) is 13.0 Å². The molecule has 0 unspecified atom stereocenters. The molecule has 0 bridgehead atoms. The molecule has 0 aromatic rings. The molecular formula is C14H22O4. The Morgan fingerprint density at radius 3 is 2.78 bits per heavy atom. The first-order chi connectivity index (χ1) is 8.69. The summed E-state index contributed by atoms with van der Waals surface area (Å²) < 4.78 is 16.6. The van der Waals surface area contributed by atoms with Crippen molar-refractivity contribution in [2.24, 2.45) is 0 Å². The van der Waals surface area contributed by atoms with Crippen LogP contribution in [-0.2, 0) is 19.0 Å². The fourth-order valence-electron chi connectivity index (χ4n) is 2.38. The number of esters is 1. The van der Waals surface area contributed by atoms with Gasteiger partial charge in [-0.1, -0.05) is 13.8 Å². The number of hydrogen-bond donors (Lipinski definition) is 0. The molecule has 1 saturated heterocycles. The number of fused-ring (bicyclic) bond motifs is 1. The van der Waals surface area contributed by atoms with Gasteiger partial charge < -0.3 is 14.2 Å². The van der Waals surface area contributed by atoms with Crippen LogP contribution in [-0.4, -0.2) is 37.0 Å². The van der Waals surface area contributed by atoms with E-state index in [9.17, 15) is 4.79 Å². The lowest BCUT2D eigenvalue weighted by Crippen LogP contribution is -2.30. The van der Waals surface area contributed by atoms with Crippen molar-refractivity contribution in [3.63, 3.8) is 0 Å². The van der Waals surface area contributed by atoms with Gasteiger partial charge in [0.05, 0.1) is 18.8 Å². The number of carbonyl (C=O) groups is 1. The van der Waals surface area contributed by atoms with Gasteiger partial charge in [0, 0.05) is 12.0 Å². The molecule has 0 saturated carbocycles. The van der Waals surface area contributed by atoms with E-state index in [4.69, 9.17) is 14.2 Å². The van der Waals surface area contributed by atoms with E-state index in [0.29, 0.717) is 18.6 Å². The molecule has 1 aliphatic heterocycles. The second kappa shape index (κ2) is 5.85. The van der Waals surface area contributed by atoms with Gasteiger partial charge in [0.15, 0.2) is 0 Å². The van der Waals surface area contributed by atoms with Crippen LogP contribution in [0.25, 0.3) is 0 Å². The standard InChI is InChI=1S/C14H22O4/c1-4-10(5-2)17-11-7-9(14(15)16-6-3)8-12-13(11)18-12/h7,10-13H,4-6,8H2,1-3H3/t11-,12+,13+/m1/s1. The molecule has 1 aliphatic carbocycles. The summed E-state index contributed by atoms with van der Waals surface area (Å²) in [5.74, 6) is -0.232. The van der Waals surface area contributed by atoms with Crippen LogP contribution < -0.4 is 0 Å². The highest BCUT2D eigenvalue weighted by Crippen LogP contribution is 2.38. The Hall–Kier alpha value is -0.870. The lowest BCUT2D eigenvalue weighted by molar-refractivity contribution is -0.138. The van der Waals surface area contributed by atoms with Crippen molar-refractivity contribution in [2.45, 2.75) is 64.4 Å². The van der Waals surface area contributed by atoms with Crippen molar-refractivity contribution in [1.82, 2.24) is 0 Å². The first-order valence-corrected chi connectivity index (χ1v) is 6.88. The van der Waals surface area contributed by atoms with Gasteiger partial charge in [-0.05, 0) is 25.8 Å². The monoisotopic (exact) mass is 254 g/mol. The Morgan fingerprint density at radius 2 is 2.17 bits per heavy atom. The highest BCUT2D eigenvalue weighted by atomic mass is 16.6. The summed E-state index contributed by atoms with van der Waals surface area (Å²) in [6.07, 6.45) is 4.94. The maximum atomic E-state index is 11.7. The lowest BCUT2D eigenvalue weighted by Gasteiger charge is -2.22. The summed E-state index contributed by atoms with van der Waals surface area (Å²) in [5.41, 5.74) is 0.701. The predicted octanol–water partition coefficient (Wildman–Crippen LogP) is 2.22. The first-order valence-electron chi connectivity index (χ1n) is 6.88. The molecule has 0 N–H and O–H groups in total. The minimum atomic E-state index is -0.232. The van der Waals surface area contributed by atoms with E-state index in [0.717, 1.165) is 12.8 Å². The molecular weight excluding hydrogens is 232 g/mol. The summed E-state index contributed by atoms with van der Waals surface area (Å²) in [5, 5.41) is 0. The van der Waals surface area contributed by atoms with Crippen LogP contribution in [0.15, 0.2) is 11.6 Å². The molecule has 102 valence electrons. The van der Waals surface area contributed by atoms with Crippen molar-refractivity contribution < 1.29 is 19.0 Å². The molecule has 1 fully saturated rings. The molecule has 0 amide bonds. The van der Waals surface area contributed by atoms with E-state index in [2.05, 4.69) is 13.8 Å². The van der Waals surface area contributed by atoms with Crippen LogP contribution in [0.3, 0.4) is 0 Å². The van der Waals surface area contributed by atoms with Gasteiger partial charge in [-0.3, -0.25) is 0 Å². The molecule has 1 heterocycles.